The topological polar surface area (TPSA) is 233 Å². The van der Waals surface area contributed by atoms with E-state index in [9.17, 15) is 18.4 Å². The molecular formula is C52H58F2N12O6. The van der Waals surface area contributed by atoms with Crippen molar-refractivity contribution in [3.8, 4) is 11.5 Å². The summed E-state index contributed by atoms with van der Waals surface area (Å²) in [5, 5.41) is 30.9. The van der Waals surface area contributed by atoms with Gasteiger partial charge in [0, 0.05) is 36.4 Å². The van der Waals surface area contributed by atoms with E-state index in [1.165, 1.54) is 0 Å². The van der Waals surface area contributed by atoms with E-state index < -0.39 is 22.3 Å². The fraction of sp³-hybridized carbons (Fsp3) is 0.385. The Labute approximate surface area is 413 Å². The third-order valence-corrected chi connectivity index (χ3v) is 13.4. The van der Waals surface area contributed by atoms with Gasteiger partial charge in [0.2, 0.25) is 11.8 Å². The highest BCUT2D eigenvalue weighted by Crippen LogP contribution is 2.44. The van der Waals surface area contributed by atoms with Crippen LogP contribution in [0.2, 0.25) is 0 Å². The number of aromatic amines is 3. The maximum Gasteiger partial charge on any atom is 0.434 e. The normalized spacial score (nSPS) is 20.0. The molecule has 2 aromatic carbocycles. The number of aromatic nitrogens is 10. The second-order valence-corrected chi connectivity index (χ2v) is 19.7. The summed E-state index contributed by atoms with van der Waals surface area (Å²) in [5.41, 5.74) is 1.53. The number of pyridine rings is 2. The summed E-state index contributed by atoms with van der Waals surface area (Å²) in [5.74, 6) is 2.39. The number of aryl methyl sites for hydroxylation is 2. The minimum atomic E-state index is -0.586. The Morgan fingerprint density at radius 1 is 0.653 bits per heavy atom. The van der Waals surface area contributed by atoms with Gasteiger partial charge in [0.05, 0.1) is 41.0 Å². The molecule has 0 amide bonds. The van der Waals surface area contributed by atoms with Crippen LogP contribution in [0, 0.1) is 25.5 Å². The summed E-state index contributed by atoms with van der Waals surface area (Å²) in [7, 11) is 0. The van der Waals surface area contributed by atoms with Gasteiger partial charge in [-0.25, -0.2) is 43.2 Å². The Morgan fingerprint density at radius 3 is 1.58 bits per heavy atom. The fourth-order valence-corrected chi connectivity index (χ4v) is 9.67. The second kappa shape index (κ2) is 20.8. The van der Waals surface area contributed by atoms with Gasteiger partial charge >= 0.3 is 11.5 Å². The van der Waals surface area contributed by atoms with Crippen molar-refractivity contribution in [1.29, 1.82) is 0 Å². The van der Waals surface area contributed by atoms with Crippen molar-refractivity contribution in [3.05, 3.63) is 164 Å². The van der Waals surface area contributed by atoms with E-state index in [2.05, 4.69) is 67.1 Å². The maximum absolute atomic E-state index is 14.5. The summed E-state index contributed by atoms with van der Waals surface area (Å²) >= 11 is 0. The average molecular weight is 985 g/mol. The summed E-state index contributed by atoms with van der Waals surface area (Å²) in [6.07, 6.45) is 9.43. The molecule has 0 bridgehead atoms. The number of hydrogen-bond donors (Lipinski definition) is 5. The lowest BCUT2D eigenvalue weighted by molar-refractivity contribution is 0.0987. The van der Waals surface area contributed by atoms with Crippen LogP contribution in [0.3, 0.4) is 0 Å². The molecule has 2 saturated carbocycles. The lowest BCUT2D eigenvalue weighted by Gasteiger charge is -2.37. The Morgan fingerprint density at radius 2 is 1.14 bits per heavy atom. The fourth-order valence-electron chi connectivity index (χ4n) is 9.67. The monoisotopic (exact) mass is 984 g/mol. The Balaban J connectivity index is 0.000000179. The molecule has 0 saturated heterocycles. The summed E-state index contributed by atoms with van der Waals surface area (Å²) in [6.45, 7) is 9.70. The number of hydrogen-bond acceptors (Lipinski definition) is 14. The number of anilines is 4. The van der Waals surface area contributed by atoms with Gasteiger partial charge < -0.3 is 28.9 Å². The van der Waals surface area contributed by atoms with E-state index in [1.54, 1.807) is 62.6 Å². The molecule has 376 valence electrons. The quantitative estimate of drug-likeness (QED) is 0.0683. The number of rotatable bonds is 14. The third-order valence-electron chi connectivity index (χ3n) is 13.4. The van der Waals surface area contributed by atoms with Crippen molar-refractivity contribution < 1.29 is 27.1 Å². The van der Waals surface area contributed by atoms with Gasteiger partial charge in [0.15, 0.2) is 23.1 Å². The zero-order chi connectivity index (χ0) is 50.5. The minimum absolute atomic E-state index is 0.142. The molecule has 5 N–H and O–H groups in total. The summed E-state index contributed by atoms with van der Waals surface area (Å²) in [6, 6.07) is 25.6. The molecule has 8 aromatic rings. The molecule has 2 aliphatic rings. The van der Waals surface area contributed by atoms with Crippen molar-refractivity contribution >= 4 is 23.3 Å². The molecule has 72 heavy (non-hydrogen) atoms. The first-order chi connectivity index (χ1) is 34.6. The van der Waals surface area contributed by atoms with Crippen molar-refractivity contribution in [3.63, 3.8) is 0 Å². The first-order valence-electron chi connectivity index (χ1n) is 24.1. The number of nitrogens with one attached hydrogen (secondary N) is 5. The number of H-pyrrole nitrogens is 3. The van der Waals surface area contributed by atoms with Gasteiger partial charge in [0.25, 0.3) is 0 Å². The zero-order valence-electron chi connectivity index (χ0n) is 40.8. The molecule has 6 aromatic heterocycles. The smallest absolute Gasteiger partial charge is 0.434 e. The van der Waals surface area contributed by atoms with Gasteiger partial charge in [-0.2, -0.15) is 10.2 Å². The van der Waals surface area contributed by atoms with Crippen molar-refractivity contribution in [2.75, 3.05) is 10.6 Å². The molecular weight excluding hydrogens is 927 g/mol. The molecule has 0 aliphatic heterocycles. The van der Waals surface area contributed by atoms with Crippen molar-refractivity contribution in [2.24, 2.45) is 0 Å². The number of halogens is 2. The maximum atomic E-state index is 14.5. The van der Waals surface area contributed by atoms with Crippen LogP contribution in [0.4, 0.5) is 32.1 Å². The molecule has 20 heteroatoms. The van der Waals surface area contributed by atoms with Crippen LogP contribution in [0.1, 0.15) is 106 Å². The van der Waals surface area contributed by atoms with Gasteiger partial charge in [-0.05, 0) is 134 Å². The standard InChI is InChI=1S/C28H33FN6O3.C24H25FN6O3/c1-18-7-5-9-21(24(18)29)37-20-11-14-28(15-12-20,25-33-34-26(36)38-25)17-19-8-6-10-22(31-19)32-23-13-16-30-35(23)27(2,3)4;1-15-4-2-6-18(21(15)25)33-17-8-11-24(12-9-17,22-30-31-23(32)34-22)14-16-5-3-7-19(27-16)28-20-10-13-26-29-20/h5-10,13,16,20H,11-12,14-15,17H2,1-4H3,(H,31,32)(H,34,36);2-7,10,13,17H,8-9,11-12,14H2,1H3,(H,31,32)(H2,26,27,28,29). The molecule has 0 spiro atoms. The highest BCUT2D eigenvalue weighted by Gasteiger charge is 2.44. The number of ether oxygens (including phenoxy) is 2. The predicted octanol–water partition coefficient (Wildman–Crippen LogP) is 9.58. The van der Waals surface area contributed by atoms with E-state index in [0.29, 0.717) is 98.8 Å². The number of benzene rings is 2. The molecule has 18 nitrogen and oxygen atoms in total. The first-order valence-corrected chi connectivity index (χ1v) is 24.1. The molecule has 2 fully saturated rings. The van der Waals surface area contributed by atoms with Gasteiger partial charge in [-0.15, -0.1) is 10.2 Å². The van der Waals surface area contributed by atoms with Gasteiger partial charge in [-0.1, -0.05) is 36.4 Å². The van der Waals surface area contributed by atoms with Crippen LogP contribution in [0.25, 0.3) is 0 Å². The van der Waals surface area contributed by atoms with Gasteiger partial charge in [0.1, 0.15) is 23.3 Å². The second-order valence-electron chi connectivity index (χ2n) is 19.7. The van der Waals surface area contributed by atoms with Crippen LogP contribution < -0.4 is 31.6 Å². The Kier molecular flexibility index (Phi) is 14.2. The Hall–Kier alpha value is -7.90. The lowest BCUT2D eigenvalue weighted by Crippen LogP contribution is -2.38. The van der Waals surface area contributed by atoms with E-state index in [0.717, 1.165) is 23.0 Å². The predicted molar refractivity (Wildman–Crippen MR) is 264 cm³/mol. The average Bonchev–Trinajstić information content (AvgIpc) is 4.22. The molecule has 0 radical (unpaired) electrons. The highest BCUT2D eigenvalue weighted by atomic mass is 19.1. The van der Waals surface area contributed by atoms with Crippen LogP contribution in [0.5, 0.6) is 11.5 Å². The SMILES string of the molecule is Cc1cccc(OC2CCC(Cc3cccc(Nc4ccn[nH]4)n3)(c3n[nH]c(=O)o3)CC2)c1F.Cc1cccc(OC2CCC(Cc3cccc(Nc4ccnn4C(C)(C)C)n3)(c3n[nH]c(=O)o3)CC2)c1F. The largest absolute Gasteiger partial charge is 0.487 e. The lowest BCUT2D eigenvalue weighted by atomic mass is 9.70. The van der Waals surface area contributed by atoms with Crippen LogP contribution >= 0.6 is 0 Å². The molecule has 0 unspecified atom stereocenters. The van der Waals surface area contributed by atoms with Crippen molar-refractivity contribution in [2.45, 2.75) is 127 Å². The van der Waals surface area contributed by atoms with E-state index in [1.807, 2.05) is 53.2 Å². The van der Waals surface area contributed by atoms with E-state index in [-0.39, 0.29) is 40.9 Å². The summed E-state index contributed by atoms with van der Waals surface area (Å²) < 4.78 is 53.8. The Bertz CT molecular complexity index is 3190. The highest BCUT2D eigenvalue weighted by molar-refractivity contribution is 5.53. The molecule has 10 rings (SSSR count). The third kappa shape index (κ3) is 11.3. The van der Waals surface area contributed by atoms with E-state index >= 15 is 0 Å². The van der Waals surface area contributed by atoms with Gasteiger partial charge in [-0.3, -0.25) is 5.10 Å². The minimum Gasteiger partial charge on any atom is -0.487 e. The number of nitrogens with zero attached hydrogens (tertiary/aromatic N) is 7. The zero-order valence-corrected chi connectivity index (χ0v) is 40.8. The van der Waals surface area contributed by atoms with Crippen molar-refractivity contribution in [1.82, 2.24) is 50.3 Å². The molecule has 0 atom stereocenters. The molecule has 6 heterocycles. The van der Waals surface area contributed by atoms with Crippen LogP contribution in [-0.2, 0) is 29.2 Å². The van der Waals surface area contributed by atoms with Crippen LogP contribution in [-0.4, -0.2) is 62.5 Å². The van der Waals surface area contributed by atoms with E-state index in [4.69, 9.17) is 28.3 Å². The summed E-state index contributed by atoms with van der Waals surface area (Å²) in [4.78, 5) is 33.2. The van der Waals surface area contributed by atoms with Crippen LogP contribution in [0.15, 0.2) is 116 Å². The molecule has 2 aliphatic carbocycles. The first kappa shape index (κ1) is 49.1.